The summed E-state index contributed by atoms with van der Waals surface area (Å²) in [5, 5.41) is 0.743. The number of carbonyl (C=O) groups is 3. The largest absolute Gasteiger partial charge is 0.438 e. The number of rotatable bonds is 11. The Bertz CT molecular complexity index is 1650. The van der Waals surface area contributed by atoms with Crippen LogP contribution in [-0.4, -0.2) is 69.4 Å². The molecule has 10 heteroatoms. The van der Waals surface area contributed by atoms with Gasteiger partial charge in [0.2, 0.25) is 5.91 Å². The maximum Gasteiger partial charge on any atom is 0.410 e. The Hall–Kier alpha value is -4.21. The second kappa shape index (κ2) is 14.5. The average Bonchev–Trinajstić information content (AvgIpc) is 3.78. The van der Waals surface area contributed by atoms with Gasteiger partial charge in [0.25, 0.3) is 5.56 Å². The van der Waals surface area contributed by atoms with Gasteiger partial charge in [-0.2, -0.15) is 0 Å². The third-order valence-electron chi connectivity index (χ3n) is 8.60. The Kier molecular flexibility index (Phi) is 10.4. The van der Waals surface area contributed by atoms with Crippen LogP contribution in [0.1, 0.15) is 76.1 Å². The summed E-state index contributed by atoms with van der Waals surface area (Å²) >= 11 is 0. The summed E-state index contributed by atoms with van der Waals surface area (Å²) in [6.45, 7) is 9.21. The summed E-state index contributed by atoms with van der Waals surface area (Å²) in [7, 11) is 0. The van der Waals surface area contributed by atoms with E-state index in [9.17, 15) is 23.6 Å². The molecule has 2 aliphatic heterocycles. The van der Waals surface area contributed by atoms with Crippen LogP contribution >= 0.6 is 0 Å². The standard InChI is InChI=1S/C36H45FN4O5/c1-36(2,3)23-27-20-28(37)19-26-21-29(38-33(26)27)24-41-18-10-11-25(34(41)44)22-30(42)31(46-35(45)40-16-8-9-17-40)12-4-5-13-32(43)39-14-6-7-15-39/h5,10-11,13,18-21,31,38H,4,6-9,12,14-17,22-24H2,1-3H3/b13-5+/t31-/m0/s1. The van der Waals surface area contributed by atoms with Crippen molar-refractivity contribution < 1.29 is 23.5 Å². The fourth-order valence-electron chi connectivity index (χ4n) is 6.32. The van der Waals surface area contributed by atoms with E-state index < -0.39 is 12.2 Å². The molecular formula is C36H45FN4O5. The summed E-state index contributed by atoms with van der Waals surface area (Å²) in [6, 6.07) is 8.23. The number of H-pyrrole nitrogens is 1. The molecule has 3 aromatic rings. The van der Waals surface area contributed by atoms with Crippen molar-refractivity contribution in [1.29, 1.82) is 0 Å². The molecule has 0 bridgehead atoms. The number of ketones is 1. The molecule has 2 aromatic heterocycles. The molecule has 46 heavy (non-hydrogen) atoms. The molecule has 1 aromatic carbocycles. The van der Waals surface area contributed by atoms with Crippen molar-refractivity contribution in [1.82, 2.24) is 19.4 Å². The second-order valence-corrected chi connectivity index (χ2v) is 13.7. The predicted octanol–water partition coefficient (Wildman–Crippen LogP) is 5.78. The van der Waals surface area contributed by atoms with Crippen molar-refractivity contribution in [2.45, 2.75) is 84.8 Å². The van der Waals surface area contributed by atoms with Crippen molar-refractivity contribution in [3.63, 3.8) is 0 Å². The minimum absolute atomic E-state index is 0.0359. The molecule has 5 rings (SSSR count). The molecule has 4 heterocycles. The maximum atomic E-state index is 14.4. The fourth-order valence-corrected chi connectivity index (χ4v) is 6.32. The Morgan fingerprint density at radius 1 is 1.00 bits per heavy atom. The number of halogens is 1. The van der Waals surface area contributed by atoms with Gasteiger partial charge in [-0.3, -0.25) is 14.4 Å². The van der Waals surface area contributed by atoms with E-state index in [4.69, 9.17) is 4.74 Å². The molecule has 2 fully saturated rings. The third kappa shape index (κ3) is 8.53. The number of amides is 2. The van der Waals surface area contributed by atoms with Crippen molar-refractivity contribution in [3.8, 4) is 0 Å². The second-order valence-electron chi connectivity index (χ2n) is 13.7. The molecule has 2 aliphatic rings. The average molecular weight is 633 g/mol. The molecular weight excluding hydrogens is 587 g/mol. The van der Waals surface area contributed by atoms with Crippen LogP contribution < -0.4 is 5.56 Å². The highest BCUT2D eigenvalue weighted by molar-refractivity contribution is 5.88. The van der Waals surface area contributed by atoms with E-state index in [2.05, 4.69) is 25.8 Å². The number of Topliss-reactive ketones (excluding diaryl/α,β-unsaturated/α-hetero) is 1. The van der Waals surface area contributed by atoms with Gasteiger partial charge in [-0.05, 0) is 86.3 Å². The highest BCUT2D eigenvalue weighted by atomic mass is 19.1. The lowest BCUT2D eigenvalue weighted by atomic mass is 9.87. The SMILES string of the molecule is CC(C)(C)Cc1cc(F)cc2cc(Cn3cccc(CC(=O)[C@H](CC/C=C/C(=O)N4CCCC4)OC(=O)N4CCCC4)c3=O)[nH]c12. The van der Waals surface area contributed by atoms with E-state index in [-0.39, 0.29) is 47.9 Å². The van der Waals surface area contributed by atoms with Gasteiger partial charge in [0.1, 0.15) is 5.82 Å². The summed E-state index contributed by atoms with van der Waals surface area (Å²) in [6.07, 6.45) is 8.20. The number of likely N-dealkylation sites (tertiary alicyclic amines) is 2. The van der Waals surface area contributed by atoms with Crippen molar-refractivity contribution in [3.05, 3.63) is 81.7 Å². The van der Waals surface area contributed by atoms with E-state index in [1.54, 1.807) is 40.3 Å². The van der Waals surface area contributed by atoms with Gasteiger partial charge in [-0.15, -0.1) is 0 Å². The zero-order valence-corrected chi connectivity index (χ0v) is 27.1. The van der Waals surface area contributed by atoms with Gasteiger partial charge in [-0.1, -0.05) is 32.9 Å². The quantitative estimate of drug-likeness (QED) is 0.270. The Morgan fingerprint density at radius 2 is 1.70 bits per heavy atom. The summed E-state index contributed by atoms with van der Waals surface area (Å²) in [5.74, 6) is -0.719. The number of carbonyl (C=O) groups excluding carboxylic acids is 3. The molecule has 9 nitrogen and oxygen atoms in total. The normalized spacial score (nSPS) is 16.1. The first kappa shape index (κ1) is 33.2. The number of nitrogens with zero attached hydrogens (tertiary/aromatic N) is 3. The molecule has 2 amide bonds. The number of fused-ring (bicyclic) bond motifs is 1. The van der Waals surface area contributed by atoms with Gasteiger partial charge in [0.15, 0.2) is 11.9 Å². The van der Waals surface area contributed by atoms with Crippen LogP contribution in [-0.2, 0) is 33.7 Å². The van der Waals surface area contributed by atoms with Crippen LogP contribution in [0.5, 0.6) is 0 Å². The monoisotopic (exact) mass is 632 g/mol. The van der Waals surface area contributed by atoms with Crippen LogP contribution in [0, 0.1) is 11.2 Å². The lowest BCUT2D eigenvalue weighted by Gasteiger charge is -2.21. The minimum Gasteiger partial charge on any atom is -0.438 e. The van der Waals surface area contributed by atoms with Crippen molar-refractivity contribution in [2.75, 3.05) is 26.2 Å². The number of aromatic amines is 1. The molecule has 0 spiro atoms. The van der Waals surface area contributed by atoms with Gasteiger partial charge >= 0.3 is 6.09 Å². The van der Waals surface area contributed by atoms with Gasteiger partial charge < -0.3 is 24.1 Å². The summed E-state index contributed by atoms with van der Waals surface area (Å²) in [5.41, 5.74) is 2.41. The number of benzene rings is 1. The predicted molar refractivity (Wildman–Crippen MR) is 175 cm³/mol. The van der Waals surface area contributed by atoms with E-state index in [0.717, 1.165) is 60.9 Å². The number of pyridine rings is 1. The summed E-state index contributed by atoms with van der Waals surface area (Å²) in [4.78, 5) is 59.0. The molecule has 2 saturated heterocycles. The number of ether oxygens (including phenoxy) is 1. The van der Waals surface area contributed by atoms with Gasteiger partial charge in [0.05, 0.1) is 6.54 Å². The summed E-state index contributed by atoms with van der Waals surface area (Å²) < 4.78 is 21.6. The smallest absolute Gasteiger partial charge is 0.410 e. The lowest BCUT2D eigenvalue weighted by Crippen LogP contribution is -2.37. The zero-order chi connectivity index (χ0) is 32.8. The lowest BCUT2D eigenvalue weighted by molar-refractivity contribution is -0.127. The first-order valence-electron chi connectivity index (χ1n) is 16.4. The van der Waals surface area contributed by atoms with Crippen LogP contribution in [0.15, 0.2) is 53.5 Å². The van der Waals surface area contributed by atoms with Crippen LogP contribution in [0.4, 0.5) is 9.18 Å². The van der Waals surface area contributed by atoms with E-state index >= 15 is 0 Å². The fraction of sp³-hybridized carbons (Fsp3) is 0.500. The Balaban J connectivity index is 1.29. The molecule has 0 aliphatic carbocycles. The van der Waals surface area contributed by atoms with Gasteiger partial charge in [-0.25, -0.2) is 9.18 Å². The number of aromatic nitrogens is 2. The number of allylic oxidation sites excluding steroid dienone is 1. The molecule has 0 unspecified atom stereocenters. The molecule has 0 saturated carbocycles. The minimum atomic E-state index is -1.04. The highest BCUT2D eigenvalue weighted by Crippen LogP contribution is 2.28. The topological polar surface area (TPSA) is 105 Å². The van der Waals surface area contributed by atoms with E-state index in [1.807, 2.05) is 6.07 Å². The third-order valence-corrected chi connectivity index (χ3v) is 8.60. The number of hydrogen-bond donors (Lipinski definition) is 1. The molecule has 0 radical (unpaired) electrons. The zero-order valence-electron chi connectivity index (χ0n) is 27.1. The first-order valence-corrected chi connectivity index (χ1v) is 16.4. The maximum absolute atomic E-state index is 14.4. The van der Waals surface area contributed by atoms with E-state index in [0.29, 0.717) is 31.5 Å². The molecule has 1 atom stereocenters. The number of nitrogens with one attached hydrogen (secondary N) is 1. The highest BCUT2D eigenvalue weighted by Gasteiger charge is 2.28. The Labute approximate surface area is 269 Å². The van der Waals surface area contributed by atoms with E-state index in [1.165, 1.54) is 16.7 Å². The van der Waals surface area contributed by atoms with Crippen LogP contribution in [0.2, 0.25) is 0 Å². The first-order chi connectivity index (χ1) is 22.0. The van der Waals surface area contributed by atoms with Gasteiger partial charge in [0, 0.05) is 61.0 Å². The van der Waals surface area contributed by atoms with Crippen molar-refractivity contribution in [2.24, 2.45) is 5.41 Å². The van der Waals surface area contributed by atoms with Crippen LogP contribution in [0.3, 0.4) is 0 Å². The Morgan fingerprint density at radius 3 is 2.39 bits per heavy atom. The van der Waals surface area contributed by atoms with Crippen molar-refractivity contribution >= 4 is 28.7 Å². The molecule has 1 N–H and O–H groups in total. The molecule has 246 valence electrons. The number of hydrogen-bond acceptors (Lipinski definition) is 5. The van der Waals surface area contributed by atoms with Crippen LogP contribution in [0.25, 0.3) is 10.9 Å².